The van der Waals surface area contributed by atoms with Gasteiger partial charge < -0.3 is 10.1 Å². The highest BCUT2D eigenvalue weighted by Crippen LogP contribution is 2.15. The molecule has 18 heavy (non-hydrogen) atoms. The summed E-state index contributed by atoms with van der Waals surface area (Å²) in [4.78, 5) is 4.37. The molecule has 2 atom stereocenters. The summed E-state index contributed by atoms with van der Waals surface area (Å²) in [7, 11) is 0. The molecule has 1 fully saturated rings. The quantitative estimate of drug-likeness (QED) is 0.861. The maximum Gasteiger partial charge on any atom is 0.138 e. The highest BCUT2D eigenvalue weighted by molar-refractivity contribution is 4.89. The van der Waals surface area contributed by atoms with Gasteiger partial charge in [-0.05, 0) is 26.2 Å². The summed E-state index contributed by atoms with van der Waals surface area (Å²) in [5.74, 6) is 1.68. The highest BCUT2D eigenvalue weighted by Gasteiger charge is 2.18. The summed E-state index contributed by atoms with van der Waals surface area (Å²) < 4.78 is 7.50. The van der Waals surface area contributed by atoms with Crippen LogP contribution in [0.3, 0.4) is 0 Å². The van der Waals surface area contributed by atoms with Crippen LogP contribution in [0.1, 0.15) is 39.1 Å². The molecule has 1 aliphatic rings. The molecule has 0 aromatic carbocycles. The zero-order chi connectivity index (χ0) is 13.0. The summed E-state index contributed by atoms with van der Waals surface area (Å²) in [6.45, 7) is 9.20. The van der Waals surface area contributed by atoms with Crippen molar-refractivity contribution >= 4 is 0 Å². The average molecular weight is 252 g/mol. The van der Waals surface area contributed by atoms with Gasteiger partial charge in [0, 0.05) is 25.0 Å². The van der Waals surface area contributed by atoms with E-state index in [1.807, 2.05) is 4.68 Å². The van der Waals surface area contributed by atoms with Gasteiger partial charge in [0.2, 0.25) is 0 Å². The number of nitrogens with zero attached hydrogens (tertiary/aromatic N) is 3. The van der Waals surface area contributed by atoms with Gasteiger partial charge >= 0.3 is 0 Å². The second-order valence-electron chi connectivity index (χ2n) is 5.49. The number of hydrogen-bond donors (Lipinski definition) is 1. The van der Waals surface area contributed by atoms with E-state index in [4.69, 9.17) is 4.74 Å². The Bertz CT molecular complexity index is 358. The van der Waals surface area contributed by atoms with Gasteiger partial charge in [-0.15, -0.1) is 0 Å². The van der Waals surface area contributed by atoms with E-state index in [-0.39, 0.29) is 0 Å². The molecule has 5 nitrogen and oxygen atoms in total. The predicted molar refractivity (Wildman–Crippen MR) is 70.5 cm³/mol. The van der Waals surface area contributed by atoms with Gasteiger partial charge in [-0.25, -0.2) is 9.67 Å². The molecule has 1 N–H and O–H groups in total. The molecule has 1 aromatic rings. The molecule has 0 aliphatic carbocycles. The number of rotatable bonds is 5. The molecule has 0 saturated carbocycles. The molecule has 2 unspecified atom stereocenters. The van der Waals surface area contributed by atoms with Gasteiger partial charge in [0.1, 0.15) is 12.2 Å². The molecular weight excluding hydrogens is 228 g/mol. The molecule has 1 aliphatic heterocycles. The van der Waals surface area contributed by atoms with E-state index in [1.54, 1.807) is 6.33 Å². The third kappa shape index (κ3) is 3.53. The van der Waals surface area contributed by atoms with Crippen molar-refractivity contribution in [3.63, 3.8) is 0 Å². The zero-order valence-corrected chi connectivity index (χ0v) is 11.6. The third-order valence-electron chi connectivity index (χ3n) is 3.35. The van der Waals surface area contributed by atoms with Gasteiger partial charge in [0.25, 0.3) is 0 Å². The fourth-order valence-electron chi connectivity index (χ4n) is 2.50. The van der Waals surface area contributed by atoms with Crippen LogP contribution in [0.2, 0.25) is 0 Å². The first-order chi connectivity index (χ1) is 8.66. The van der Waals surface area contributed by atoms with Crippen molar-refractivity contribution in [1.82, 2.24) is 20.1 Å². The molecule has 0 spiro atoms. The number of hydrogen-bond acceptors (Lipinski definition) is 4. The number of ether oxygens (including phenoxy) is 1. The summed E-state index contributed by atoms with van der Waals surface area (Å²) in [5, 5.41) is 7.78. The zero-order valence-electron chi connectivity index (χ0n) is 11.6. The summed E-state index contributed by atoms with van der Waals surface area (Å²) in [5.41, 5.74) is 0. The van der Waals surface area contributed by atoms with Crippen LogP contribution >= 0.6 is 0 Å². The summed E-state index contributed by atoms with van der Waals surface area (Å²) in [6, 6.07) is 0.870. The van der Waals surface area contributed by atoms with Crippen molar-refractivity contribution in [2.45, 2.75) is 45.7 Å². The minimum Gasteiger partial charge on any atom is -0.379 e. The minimum absolute atomic E-state index is 0.380. The topological polar surface area (TPSA) is 52.0 Å². The van der Waals surface area contributed by atoms with Gasteiger partial charge in [-0.2, -0.15) is 5.10 Å². The van der Waals surface area contributed by atoms with E-state index in [1.165, 1.54) is 0 Å². The Morgan fingerprint density at radius 2 is 2.33 bits per heavy atom. The Morgan fingerprint density at radius 1 is 1.50 bits per heavy atom. The second-order valence-corrected chi connectivity index (χ2v) is 5.49. The maximum atomic E-state index is 5.48. The van der Waals surface area contributed by atoms with Crippen LogP contribution in [0.5, 0.6) is 0 Å². The molecule has 2 heterocycles. The van der Waals surface area contributed by atoms with Crippen molar-refractivity contribution in [2.24, 2.45) is 5.92 Å². The van der Waals surface area contributed by atoms with E-state index >= 15 is 0 Å². The lowest BCUT2D eigenvalue weighted by molar-refractivity contribution is 0.0692. The molecule has 1 saturated heterocycles. The van der Waals surface area contributed by atoms with Crippen LogP contribution in [0, 0.1) is 5.92 Å². The maximum absolute atomic E-state index is 5.48. The molecule has 5 heteroatoms. The van der Waals surface area contributed by atoms with E-state index < -0.39 is 0 Å². The van der Waals surface area contributed by atoms with Crippen LogP contribution in [0.25, 0.3) is 0 Å². The minimum atomic E-state index is 0.380. The second kappa shape index (κ2) is 6.29. The normalized spacial score (nSPS) is 22.3. The predicted octanol–water partition coefficient (Wildman–Crippen LogP) is 1.42. The first kappa shape index (κ1) is 13.5. The van der Waals surface area contributed by atoms with Crippen molar-refractivity contribution < 1.29 is 4.74 Å². The van der Waals surface area contributed by atoms with Gasteiger partial charge in [0.05, 0.1) is 13.2 Å². The highest BCUT2D eigenvalue weighted by atomic mass is 16.5. The first-order valence-corrected chi connectivity index (χ1v) is 6.86. The Balaban J connectivity index is 1.86. The average Bonchev–Trinajstić information content (AvgIpc) is 2.78. The fraction of sp³-hybridized carbons (Fsp3) is 0.846. The number of aromatic nitrogens is 3. The molecule has 0 bridgehead atoms. The van der Waals surface area contributed by atoms with E-state index in [9.17, 15) is 0 Å². The fourth-order valence-corrected chi connectivity index (χ4v) is 2.50. The van der Waals surface area contributed by atoms with Crippen molar-refractivity contribution in [3.05, 3.63) is 12.2 Å². The molecule has 0 amide bonds. The Labute approximate surface area is 109 Å². The molecule has 102 valence electrons. The van der Waals surface area contributed by atoms with Crippen molar-refractivity contribution in [1.29, 1.82) is 0 Å². The molecule has 2 rings (SSSR count). The van der Waals surface area contributed by atoms with Gasteiger partial charge in [-0.1, -0.05) is 6.92 Å². The lowest BCUT2D eigenvalue weighted by Crippen LogP contribution is -2.42. The SMILES string of the molecule is CC(Cc1ncnn1C(C)C)CC1COCCN1. The van der Waals surface area contributed by atoms with Crippen LogP contribution < -0.4 is 5.32 Å². The largest absolute Gasteiger partial charge is 0.379 e. The first-order valence-electron chi connectivity index (χ1n) is 6.86. The Hall–Kier alpha value is -0.940. The van der Waals surface area contributed by atoms with Crippen LogP contribution in [0.4, 0.5) is 0 Å². The van der Waals surface area contributed by atoms with Gasteiger partial charge in [-0.3, -0.25) is 0 Å². The summed E-state index contributed by atoms with van der Waals surface area (Å²) >= 11 is 0. The number of nitrogens with one attached hydrogen (secondary N) is 1. The van der Waals surface area contributed by atoms with Crippen LogP contribution in [0.15, 0.2) is 6.33 Å². The monoisotopic (exact) mass is 252 g/mol. The number of morpholine rings is 1. The van der Waals surface area contributed by atoms with E-state index in [0.29, 0.717) is 18.0 Å². The van der Waals surface area contributed by atoms with E-state index in [2.05, 4.69) is 36.2 Å². The molecular formula is C13H24N4O. The third-order valence-corrected chi connectivity index (χ3v) is 3.35. The van der Waals surface area contributed by atoms with Crippen molar-refractivity contribution in [2.75, 3.05) is 19.8 Å². The van der Waals surface area contributed by atoms with Crippen molar-refractivity contribution in [3.8, 4) is 0 Å². The smallest absolute Gasteiger partial charge is 0.138 e. The van der Waals surface area contributed by atoms with E-state index in [0.717, 1.165) is 38.4 Å². The Kier molecular flexibility index (Phi) is 4.72. The lowest BCUT2D eigenvalue weighted by atomic mass is 9.98. The molecule has 1 aromatic heterocycles. The summed E-state index contributed by atoms with van der Waals surface area (Å²) in [6.07, 6.45) is 3.77. The standard InChI is InChI=1S/C13H24N4O/c1-10(2)17-13(15-9-16-17)7-11(3)6-12-8-18-5-4-14-12/h9-12,14H,4-8H2,1-3H3. The molecule has 0 radical (unpaired) electrons. The Morgan fingerprint density at radius 3 is 3.00 bits per heavy atom. The lowest BCUT2D eigenvalue weighted by Gasteiger charge is -2.26. The van der Waals surface area contributed by atoms with Crippen LogP contribution in [-0.2, 0) is 11.2 Å². The van der Waals surface area contributed by atoms with Gasteiger partial charge in [0.15, 0.2) is 0 Å². The van der Waals surface area contributed by atoms with Crippen LogP contribution in [-0.4, -0.2) is 40.6 Å².